The molecule has 6 nitrogen and oxygen atoms in total. The van der Waals surface area contributed by atoms with Crippen LogP contribution in [0, 0.1) is 0 Å². The Morgan fingerprint density at radius 2 is 1.04 bits per heavy atom. The molecule has 0 saturated carbocycles. The van der Waals surface area contributed by atoms with E-state index in [9.17, 15) is 19.8 Å². The molecular weight excluding hydrogens is 683 g/mol. The zero-order chi connectivity index (χ0) is 40.3. The van der Waals surface area contributed by atoms with Crippen molar-refractivity contribution in [2.24, 2.45) is 0 Å². The number of rotatable bonds is 41. The van der Waals surface area contributed by atoms with Crippen LogP contribution in [0.3, 0.4) is 0 Å². The van der Waals surface area contributed by atoms with Gasteiger partial charge in [0.1, 0.15) is 6.10 Å². The number of amides is 1. The first kappa shape index (κ1) is 52.8. The van der Waals surface area contributed by atoms with E-state index in [0.717, 1.165) is 83.5 Å². The second kappa shape index (κ2) is 43.0. The number of hydrogen-bond acceptors (Lipinski definition) is 5. The molecule has 0 rings (SSSR count). The number of carbonyl (C=O) groups excluding carboxylic acids is 2. The molecule has 55 heavy (non-hydrogen) atoms. The molecule has 6 heteroatoms. The molecule has 0 fully saturated rings. The van der Waals surface area contributed by atoms with Gasteiger partial charge in [-0.2, -0.15) is 0 Å². The van der Waals surface area contributed by atoms with E-state index in [4.69, 9.17) is 4.74 Å². The molecule has 1 amide bonds. The number of esters is 1. The van der Waals surface area contributed by atoms with Gasteiger partial charge in [-0.3, -0.25) is 9.59 Å². The summed E-state index contributed by atoms with van der Waals surface area (Å²) in [5, 5.41) is 23.6. The normalized spacial score (nSPS) is 13.8. The predicted octanol–water partition coefficient (Wildman–Crippen LogP) is 13.5. The first-order chi connectivity index (χ1) is 27.0. The molecule has 0 aromatic carbocycles. The summed E-state index contributed by atoms with van der Waals surface area (Å²) in [6.45, 7) is 6.31. The molecule has 0 spiro atoms. The van der Waals surface area contributed by atoms with Crippen LogP contribution < -0.4 is 5.32 Å². The molecule has 0 aromatic rings. The lowest BCUT2D eigenvalue weighted by molar-refractivity contribution is -0.151. The van der Waals surface area contributed by atoms with E-state index in [1.165, 1.54) is 96.3 Å². The fraction of sp³-hybridized carbons (Fsp3) is 0.796. The topological polar surface area (TPSA) is 95.9 Å². The molecule has 3 unspecified atom stereocenters. The van der Waals surface area contributed by atoms with Crippen molar-refractivity contribution >= 4 is 11.9 Å². The van der Waals surface area contributed by atoms with Gasteiger partial charge in [-0.1, -0.05) is 185 Å². The highest BCUT2D eigenvalue weighted by atomic mass is 16.5. The number of hydrogen-bond donors (Lipinski definition) is 3. The highest BCUT2D eigenvalue weighted by molar-refractivity contribution is 5.77. The highest BCUT2D eigenvalue weighted by Gasteiger charge is 2.24. The van der Waals surface area contributed by atoms with Crippen LogP contribution in [0.1, 0.15) is 226 Å². The molecule has 320 valence electrons. The lowest BCUT2D eigenvalue weighted by Gasteiger charge is -2.24. The van der Waals surface area contributed by atoms with Crippen LogP contribution in [-0.2, 0) is 14.3 Å². The number of ether oxygens (including phenoxy) is 1. The van der Waals surface area contributed by atoms with E-state index >= 15 is 0 Å². The van der Waals surface area contributed by atoms with Gasteiger partial charge in [0.05, 0.1) is 25.2 Å². The molecule has 0 saturated heterocycles. The molecular formula is C49H89NO5. The van der Waals surface area contributed by atoms with Gasteiger partial charge in [0.15, 0.2) is 0 Å². The van der Waals surface area contributed by atoms with E-state index in [1.807, 2.05) is 0 Å². The Morgan fingerprint density at radius 3 is 1.62 bits per heavy atom. The zero-order valence-electron chi connectivity index (χ0n) is 36.3. The van der Waals surface area contributed by atoms with Crippen LogP contribution in [0.15, 0.2) is 48.6 Å². The smallest absolute Gasteiger partial charge is 0.306 e. The number of unbranched alkanes of at least 4 members (excludes halogenated alkanes) is 22. The summed E-state index contributed by atoms with van der Waals surface area (Å²) in [7, 11) is 0. The maximum Gasteiger partial charge on any atom is 0.306 e. The fourth-order valence-electron chi connectivity index (χ4n) is 6.87. The Balaban J connectivity index is 4.61. The van der Waals surface area contributed by atoms with Gasteiger partial charge in [-0.25, -0.2) is 0 Å². The maximum absolute atomic E-state index is 13.1. The van der Waals surface area contributed by atoms with Gasteiger partial charge >= 0.3 is 5.97 Å². The number of nitrogens with one attached hydrogen (secondary N) is 1. The van der Waals surface area contributed by atoms with Crippen LogP contribution in [-0.4, -0.2) is 46.9 Å². The van der Waals surface area contributed by atoms with Crippen LogP contribution >= 0.6 is 0 Å². The van der Waals surface area contributed by atoms with Gasteiger partial charge in [0.2, 0.25) is 5.91 Å². The molecule has 3 N–H and O–H groups in total. The monoisotopic (exact) mass is 772 g/mol. The summed E-state index contributed by atoms with van der Waals surface area (Å²) in [5.41, 5.74) is 0. The van der Waals surface area contributed by atoms with Crippen molar-refractivity contribution in [3.63, 3.8) is 0 Å². The second-order valence-electron chi connectivity index (χ2n) is 15.8. The standard InChI is InChI=1S/C49H89NO5/c1-4-7-10-13-16-19-21-23-24-25-27-30-33-36-39-42-49(54)55-45(40-37-34-31-29-26-22-20-17-14-11-8-5-2)43-48(53)50-46(44-51)47(52)41-38-35-32-28-18-15-12-9-6-3/h8,11,16-17,19-21,23,45-47,51-52H,4-7,9-10,12-15,18,22,24-44H2,1-3H3,(H,50,53)/b11-8+,19-16+,20-17+,23-21+. The van der Waals surface area contributed by atoms with E-state index in [1.54, 1.807) is 0 Å². The number of carbonyl (C=O) groups is 2. The molecule has 0 radical (unpaired) electrons. The molecule has 0 aliphatic rings. The van der Waals surface area contributed by atoms with Gasteiger partial charge in [0.25, 0.3) is 0 Å². The summed E-state index contributed by atoms with van der Waals surface area (Å²) in [6.07, 6.45) is 50.3. The number of aliphatic hydroxyl groups excluding tert-OH is 2. The zero-order valence-corrected chi connectivity index (χ0v) is 36.3. The highest BCUT2D eigenvalue weighted by Crippen LogP contribution is 2.17. The minimum atomic E-state index is -0.791. The summed E-state index contributed by atoms with van der Waals surface area (Å²) in [5.74, 6) is -0.503. The Labute approximate surface area is 340 Å². The molecule has 0 bridgehead atoms. The Hall–Kier alpha value is -2.18. The molecule has 0 aliphatic heterocycles. The van der Waals surface area contributed by atoms with E-state index in [2.05, 4.69) is 74.7 Å². The summed E-state index contributed by atoms with van der Waals surface area (Å²) in [6, 6.07) is -0.706. The van der Waals surface area contributed by atoms with Gasteiger partial charge in [-0.05, 0) is 77.0 Å². The van der Waals surface area contributed by atoms with E-state index in [-0.39, 0.29) is 24.9 Å². The van der Waals surface area contributed by atoms with Crippen molar-refractivity contribution in [2.75, 3.05) is 6.61 Å². The molecule has 0 aliphatic carbocycles. The quantitative estimate of drug-likeness (QED) is 0.0249. The Morgan fingerprint density at radius 1 is 0.564 bits per heavy atom. The van der Waals surface area contributed by atoms with Crippen LogP contribution in [0.5, 0.6) is 0 Å². The van der Waals surface area contributed by atoms with Gasteiger partial charge < -0.3 is 20.3 Å². The summed E-state index contributed by atoms with van der Waals surface area (Å²) < 4.78 is 5.90. The maximum atomic E-state index is 13.1. The average Bonchev–Trinajstić information content (AvgIpc) is 3.18. The number of aliphatic hydroxyl groups is 2. The van der Waals surface area contributed by atoms with Crippen LogP contribution in [0.4, 0.5) is 0 Å². The Kier molecular flexibility index (Phi) is 41.2. The lowest BCUT2D eigenvalue weighted by atomic mass is 10.0. The van der Waals surface area contributed by atoms with Crippen molar-refractivity contribution in [3.8, 4) is 0 Å². The van der Waals surface area contributed by atoms with Gasteiger partial charge in [-0.15, -0.1) is 0 Å². The minimum absolute atomic E-state index is 0.0629. The van der Waals surface area contributed by atoms with Crippen LogP contribution in [0.2, 0.25) is 0 Å². The summed E-state index contributed by atoms with van der Waals surface area (Å²) in [4.78, 5) is 26.0. The molecule has 3 atom stereocenters. The average molecular weight is 772 g/mol. The first-order valence-electron chi connectivity index (χ1n) is 23.4. The van der Waals surface area contributed by atoms with Crippen LogP contribution in [0.25, 0.3) is 0 Å². The van der Waals surface area contributed by atoms with Crippen molar-refractivity contribution < 1.29 is 24.5 Å². The van der Waals surface area contributed by atoms with Crippen molar-refractivity contribution in [2.45, 2.75) is 244 Å². The molecule has 0 heterocycles. The SMILES string of the molecule is CC/C=C/C/C=C/CCCCCCCC(CC(=O)NC(CO)C(O)CCCCCCCCCCC)OC(=O)CCCCCCCC/C=C/C=C/CCCCC. The third kappa shape index (κ3) is 38.5. The van der Waals surface area contributed by atoms with Crippen molar-refractivity contribution in [1.29, 1.82) is 0 Å². The predicted molar refractivity (Wildman–Crippen MR) is 236 cm³/mol. The van der Waals surface area contributed by atoms with Crippen molar-refractivity contribution in [1.82, 2.24) is 5.32 Å². The fourth-order valence-corrected chi connectivity index (χ4v) is 6.87. The third-order valence-electron chi connectivity index (χ3n) is 10.4. The second-order valence-corrected chi connectivity index (χ2v) is 15.8. The molecule has 0 aromatic heterocycles. The summed E-state index contributed by atoms with van der Waals surface area (Å²) >= 11 is 0. The number of allylic oxidation sites excluding steroid dienone is 8. The largest absolute Gasteiger partial charge is 0.462 e. The van der Waals surface area contributed by atoms with E-state index < -0.39 is 18.2 Å². The van der Waals surface area contributed by atoms with Crippen molar-refractivity contribution in [3.05, 3.63) is 48.6 Å². The first-order valence-corrected chi connectivity index (χ1v) is 23.4. The lowest BCUT2D eigenvalue weighted by Crippen LogP contribution is -2.46. The Bertz CT molecular complexity index is 957. The van der Waals surface area contributed by atoms with Gasteiger partial charge in [0, 0.05) is 6.42 Å². The van der Waals surface area contributed by atoms with E-state index in [0.29, 0.717) is 19.3 Å². The minimum Gasteiger partial charge on any atom is -0.462 e. The third-order valence-corrected chi connectivity index (χ3v) is 10.4.